The van der Waals surface area contributed by atoms with Crippen LogP contribution in [-0.2, 0) is 6.61 Å². The molecule has 5 heteroatoms. The molecule has 5 nitrogen and oxygen atoms in total. The van der Waals surface area contributed by atoms with Crippen molar-refractivity contribution in [2.75, 3.05) is 7.11 Å². The largest absolute Gasteiger partial charge is 0.497 e. The van der Waals surface area contributed by atoms with Crippen LogP contribution in [0, 0.1) is 6.92 Å². The third-order valence-electron chi connectivity index (χ3n) is 3.63. The summed E-state index contributed by atoms with van der Waals surface area (Å²) >= 11 is 0. The summed E-state index contributed by atoms with van der Waals surface area (Å²) in [5.41, 5.74) is 2.71. The molecule has 1 N–H and O–H groups in total. The summed E-state index contributed by atoms with van der Waals surface area (Å²) < 4.78 is 6.60. The minimum atomic E-state index is -0.190. The number of aromatic nitrogens is 2. The molecule has 3 aromatic rings. The predicted octanol–water partition coefficient (Wildman–Crippen LogP) is 2.20. The highest BCUT2D eigenvalue weighted by Gasteiger charge is 2.10. The molecule has 0 aliphatic rings. The van der Waals surface area contributed by atoms with Crippen LogP contribution < -0.4 is 10.3 Å². The highest BCUT2D eigenvalue weighted by atomic mass is 16.5. The Morgan fingerprint density at radius 1 is 1.23 bits per heavy atom. The van der Waals surface area contributed by atoms with Crippen molar-refractivity contribution in [1.29, 1.82) is 0 Å². The maximum absolute atomic E-state index is 12.7. The van der Waals surface area contributed by atoms with Crippen molar-refractivity contribution in [2.24, 2.45) is 0 Å². The Bertz CT molecular complexity index is 900. The highest BCUT2D eigenvalue weighted by molar-refractivity contribution is 5.78. The van der Waals surface area contributed by atoms with Crippen LogP contribution in [0.5, 0.6) is 5.75 Å². The van der Waals surface area contributed by atoms with Crippen LogP contribution >= 0.6 is 0 Å². The molecule has 1 heterocycles. The summed E-state index contributed by atoms with van der Waals surface area (Å²) in [6, 6.07) is 10.8. The van der Waals surface area contributed by atoms with E-state index in [0.717, 1.165) is 5.56 Å². The lowest BCUT2D eigenvalue weighted by Gasteiger charge is -2.12. The van der Waals surface area contributed by atoms with E-state index in [9.17, 15) is 9.90 Å². The van der Waals surface area contributed by atoms with E-state index in [-0.39, 0.29) is 12.2 Å². The second kappa shape index (κ2) is 5.61. The fraction of sp³-hybridized carbons (Fsp3) is 0.176. The molecule has 0 fully saturated rings. The van der Waals surface area contributed by atoms with E-state index in [1.807, 2.05) is 25.1 Å². The van der Waals surface area contributed by atoms with Gasteiger partial charge in [-0.2, -0.15) is 0 Å². The number of benzene rings is 2. The molecule has 0 radical (unpaired) electrons. The molecule has 2 aromatic carbocycles. The molecule has 0 aliphatic heterocycles. The zero-order valence-electron chi connectivity index (χ0n) is 12.4. The first-order valence-electron chi connectivity index (χ1n) is 6.90. The quantitative estimate of drug-likeness (QED) is 0.804. The van der Waals surface area contributed by atoms with E-state index in [1.165, 1.54) is 10.9 Å². The number of hydrogen-bond donors (Lipinski definition) is 1. The van der Waals surface area contributed by atoms with E-state index in [2.05, 4.69) is 4.98 Å². The first-order chi connectivity index (χ1) is 10.6. The van der Waals surface area contributed by atoms with Gasteiger partial charge in [-0.05, 0) is 37.3 Å². The smallest absolute Gasteiger partial charge is 0.265 e. The van der Waals surface area contributed by atoms with Crippen LogP contribution in [0.1, 0.15) is 11.1 Å². The maximum atomic E-state index is 12.7. The molecule has 0 aliphatic carbocycles. The van der Waals surface area contributed by atoms with E-state index >= 15 is 0 Å². The molecule has 0 unspecified atom stereocenters. The standard InChI is InChI=1S/C17H16N2O3/c1-11-3-5-15-14(7-11)17(21)19(10-18-15)16-6-4-13(22-2)8-12(16)9-20/h3-8,10,20H,9H2,1-2H3. The van der Waals surface area contributed by atoms with Gasteiger partial charge in [0.05, 0.1) is 30.3 Å². The minimum absolute atomic E-state index is 0.159. The normalized spacial score (nSPS) is 10.9. The highest BCUT2D eigenvalue weighted by Crippen LogP contribution is 2.21. The topological polar surface area (TPSA) is 64.4 Å². The van der Waals surface area contributed by atoms with E-state index in [0.29, 0.717) is 27.9 Å². The van der Waals surface area contributed by atoms with Gasteiger partial charge in [-0.15, -0.1) is 0 Å². The number of aliphatic hydroxyl groups is 1. The molecule has 0 saturated carbocycles. The maximum Gasteiger partial charge on any atom is 0.265 e. The molecule has 112 valence electrons. The Kier molecular flexibility index (Phi) is 3.65. The lowest BCUT2D eigenvalue weighted by atomic mass is 10.1. The molecule has 0 saturated heterocycles. The van der Waals surface area contributed by atoms with Crippen LogP contribution in [0.3, 0.4) is 0 Å². The van der Waals surface area contributed by atoms with Gasteiger partial charge < -0.3 is 9.84 Å². The number of methoxy groups -OCH3 is 1. The van der Waals surface area contributed by atoms with E-state index in [1.54, 1.807) is 25.3 Å². The first-order valence-corrected chi connectivity index (χ1v) is 6.90. The average molecular weight is 296 g/mol. The van der Waals surface area contributed by atoms with Crippen molar-refractivity contribution in [1.82, 2.24) is 9.55 Å². The van der Waals surface area contributed by atoms with Gasteiger partial charge in [0.2, 0.25) is 0 Å². The Labute approximate surface area is 127 Å². The predicted molar refractivity (Wildman–Crippen MR) is 84.6 cm³/mol. The van der Waals surface area contributed by atoms with Crippen molar-refractivity contribution in [3.63, 3.8) is 0 Å². The summed E-state index contributed by atoms with van der Waals surface area (Å²) in [6.45, 7) is 1.74. The van der Waals surface area contributed by atoms with Gasteiger partial charge in [0.1, 0.15) is 12.1 Å². The third-order valence-corrected chi connectivity index (χ3v) is 3.63. The van der Waals surface area contributed by atoms with Crippen LogP contribution in [0.4, 0.5) is 0 Å². The second-order valence-corrected chi connectivity index (χ2v) is 5.09. The number of ether oxygens (including phenoxy) is 1. The molecule has 0 spiro atoms. The number of nitrogens with zero attached hydrogens (tertiary/aromatic N) is 2. The fourth-order valence-electron chi connectivity index (χ4n) is 2.46. The van der Waals surface area contributed by atoms with Crippen molar-refractivity contribution in [3.8, 4) is 11.4 Å². The Balaban J connectivity index is 2.26. The van der Waals surface area contributed by atoms with Gasteiger partial charge in [-0.1, -0.05) is 11.6 Å². The molecule has 3 rings (SSSR count). The van der Waals surface area contributed by atoms with Crippen molar-refractivity contribution < 1.29 is 9.84 Å². The van der Waals surface area contributed by atoms with Gasteiger partial charge in [-0.3, -0.25) is 9.36 Å². The minimum Gasteiger partial charge on any atom is -0.497 e. The molecular formula is C17H16N2O3. The number of hydrogen-bond acceptors (Lipinski definition) is 4. The third kappa shape index (κ3) is 2.35. The molecule has 1 aromatic heterocycles. The van der Waals surface area contributed by atoms with Crippen LogP contribution in [0.25, 0.3) is 16.6 Å². The van der Waals surface area contributed by atoms with Gasteiger partial charge in [0.25, 0.3) is 5.56 Å². The summed E-state index contributed by atoms with van der Waals surface area (Å²) in [6.07, 6.45) is 1.49. The molecule has 0 atom stereocenters. The first kappa shape index (κ1) is 14.3. The van der Waals surface area contributed by atoms with Gasteiger partial charge in [-0.25, -0.2) is 4.98 Å². The molecule has 0 bridgehead atoms. The Morgan fingerprint density at radius 2 is 2.05 bits per heavy atom. The monoisotopic (exact) mass is 296 g/mol. The summed E-state index contributed by atoms with van der Waals surface area (Å²) in [5.74, 6) is 0.630. The van der Waals surface area contributed by atoms with Gasteiger partial charge in [0, 0.05) is 5.56 Å². The number of fused-ring (bicyclic) bond motifs is 1. The molecule has 22 heavy (non-hydrogen) atoms. The second-order valence-electron chi connectivity index (χ2n) is 5.09. The van der Waals surface area contributed by atoms with Crippen LogP contribution in [0.15, 0.2) is 47.5 Å². The van der Waals surface area contributed by atoms with Crippen molar-refractivity contribution >= 4 is 10.9 Å². The van der Waals surface area contributed by atoms with E-state index in [4.69, 9.17) is 4.74 Å². The lowest BCUT2D eigenvalue weighted by molar-refractivity contribution is 0.280. The van der Waals surface area contributed by atoms with Crippen molar-refractivity contribution in [3.05, 3.63) is 64.2 Å². The average Bonchev–Trinajstić information content (AvgIpc) is 2.55. The zero-order valence-corrected chi connectivity index (χ0v) is 12.4. The Hall–Kier alpha value is -2.66. The van der Waals surface area contributed by atoms with Gasteiger partial charge in [0.15, 0.2) is 0 Å². The molecular weight excluding hydrogens is 280 g/mol. The fourth-order valence-corrected chi connectivity index (χ4v) is 2.46. The summed E-state index contributed by atoms with van der Waals surface area (Å²) in [7, 11) is 1.56. The summed E-state index contributed by atoms with van der Waals surface area (Å²) in [5, 5.41) is 10.1. The van der Waals surface area contributed by atoms with Crippen LogP contribution in [-0.4, -0.2) is 21.8 Å². The van der Waals surface area contributed by atoms with Crippen LogP contribution in [0.2, 0.25) is 0 Å². The lowest BCUT2D eigenvalue weighted by Crippen LogP contribution is -2.20. The number of aliphatic hydroxyl groups excluding tert-OH is 1. The number of rotatable bonds is 3. The van der Waals surface area contributed by atoms with E-state index < -0.39 is 0 Å². The SMILES string of the molecule is COc1ccc(-n2cnc3ccc(C)cc3c2=O)c(CO)c1. The van der Waals surface area contributed by atoms with Gasteiger partial charge >= 0.3 is 0 Å². The molecule has 0 amide bonds. The zero-order chi connectivity index (χ0) is 15.7. The Morgan fingerprint density at radius 3 is 2.77 bits per heavy atom. The summed E-state index contributed by atoms with van der Waals surface area (Å²) in [4.78, 5) is 17.0. The number of aryl methyl sites for hydroxylation is 1. The van der Waals surface area contributed by atoms with Crippen molar-refractivity contribution in [2.45, 2.75) is 13.5 Å².